The van der Waals surface area contributed by atoms with Crippen LogP contribution in [0.3, 0.4) is 0 Å². The van der Waals surface area contributed by atoms with E-state index in [9.17, 15) is 18.4 Å². The third kappa shape index (κ3) is 6.91. The van der Waals surface area contributed by atoms with Crippen molar-refractivity contribution in [2.24, 2.45) is 7.05 Å². The van der Waals surface area contributed by atoms with Gasteiger partial charge in [-0.3, -0.25) is 9.59 Å². The Morgan fingerprint density at radius 3 is 2.70 bits per heavy atom. The molecule has 0 spiro atoms. The van der Waals surface area contributed by atoms with E-state index in [4.69, 9.17) is 4.74 Å². The van der Waals surface area contributed by atoms with E-state index in [-0.39, 0.29) is 29.7 Å². The number of hydrogen-bond donors (Lipinski definition) is 2. The van der Waals surface area contributed by atoms with Gasteiger partial charge in [0.2, 0.25) is 5.91 Å². The first-order valence-electron chi connectivity index (χ1n) is 9.62. The highest BCUT2D eigenvalue weighted by Gasteiger charge is 2.13. The molecule has 1 aromatic heterocycles. The number of thioether (sulfide) groups is 1. The highest BCUT2D eigenvalue weighted by atomic mass is 32.2. The Hall–Kier alpha value is -3.67. The lowest BCUT2D eigenvalue weighted by Crippen LogP contribution is -2.23. The van der Waals surface area contributed by atoms with Crippen molar-refractivity contribution in [3.63, 3.8) is 0 Å². The number of anilines is 1. The summed E-state index contributed by atoms with van der Waals surface area (Å²) in [6, 6.07) is 10.9. The summed E-state index contributed by atoms with van der Waals surface area (Å²) in [6.07, 6.45) is 1.54. The molecule has 2 N–H and O–H groups in total. The van der Waals surface area contributed by atoms with Crippen LogP contribution in [-0.4, -0.2) is 46.1 Å². The van der Waals surface area contributed by atoms with Gasteiger partial charge in [0.25, 0.3) is 5.91 Å². The summed E-state index contributed by atoms with van der Waals surface area (Å²) >= 11 is 1.24. The molecule has 0 atom stereocenters. The number of ether oxygens (including phenoxy) is 2. The van der Waals surface area contributed by atoms with Gasteiger partial charge in [0.15, 0.2) is 16.7 Å². The monoisotopic (exact) mass is 477 g/mol. The first-order valence-corrected chi connectivity index (χ1v) is 10.6. The number of carbonyl (C=O) groups excluding carboxylic acids is 2. The van der Waals surface area contributed by atoms with Crippen molar-refractivity contribution in [1.82, 2.24) is 20.1 Å². The number of hydrogen-bond acceptors (Lipinski definition) is 7. The first-order chi connectivity index (χ1) is 15.9. The SMILES string of the molecule is COc1ccc(CNC(=O)c2cccc(NC(=O)CSc3nncn3C)c2)cc1OC(F)F. The molecule has 2 aromatic carbocycles. The maximum Gasteiger partial charge on any atom is 0.387 e. The Labute approximate surface area is 192 Å². The molecule has 0 bridgehead atoms. The number of halogens is 2. The van der Waals surface area contributed by atoms with Crippen molar-refractivity contribution < 1.29 is 27.8 Å². The van der Waals surface area contributed by atoms with E-state index in [1.165, 1.54) is 31.0 Å². The van der Waals surface area contributed by atoms with Gasteiger partial charge in [0, 0.05) is 24.8 Å². The Bertz CT molecular complexity index is 1130. The summed E-state index contributed by atoms with van der Waals surface area (Å²) in [4.78, 5) is 24.7. The van der Waals surface area contributed by atoms with Gasteiger partial charge in [0.05, 0.1) is 12.9 Å². The molecule has 0 unspecified atom stereocenters. The average Bonchev–Trinajstić information content (AvgIpc) is 3.20. The van der Waals surface area contributed by atoms with E-state index in [0.29, 0.717) is 22.0 Å². The number of aromatic nitrogens is 3. The van der Waals surface area contributed by atoms with E-state index in [1.807, 2.05) is 0 Å². The van der Waals surface area contributed by atoms with Crippen molar-refractivity contribution in [3.05, 3.63) is 59.9 Å². The smallest absolute Gasteiger partial charge is 0.387 e. The summed E-state index contributed by atoms with van der Waals surface area (Å²) in [5, 5.41) is 13.7. The average molecular weight is 477 g/mol. The molecule has 1 heterocycles. The molecule has 0 saturated carbocycles. The van der Waals surface area contributed by atoms with Crippen LogP contribution >= 0.6 is 11.8 Å². The number of alkyl halides is 2. The summed E-state index contributed by atoms with van der Waals surface area (Å²) in [7, 11) is 3.12. The molecule has 0 fully saturated rings. The highest BCUT2D eigenvalue weighted by molar-refractivity contribution is 7.99. The van der Waals surface area contributed by atoms with Gasteiger partial charge in [-0.25, -0.2) is 0 Å². The van der Waals surface area contributed by atoms with Crippen LogP contribution in [0.5, 0.6) is 11.5 Å². The van der Waals surface area contributed by atoms with Crippen LogP contribution in [0, 0.1) is 0 Å². The zero-order valence-corrected chi connectivity index (χ0v) is 18.6. The number of benzene rings is 2. The van der Waals surface area contributed by atoms with Crippen LogP contribution in [0.25, 0.3) is 0 Å². The fourth-order valence-corrected chi connectivity index (χ4v) is 3.46. The number of nitrogens with one attached hydrogen (secondary N) is 2. The number of nitrogens with zero attached hydrogens (tertiary/aromatic N) is 3. The summed E-state index contributed by atoms with van der Waals surface area (Å²) in [5.41, 5.74) is 1.33. The maximum absolute atomic E-state index is 12.6. The second-order valence-electron chi connectivity index (χ2n) is 6.69. The van der Waals surface area contributed by atoms with E-state index in [2.05, 4.69) is 25.6 Å². The summed E-state index contributed by atoms with van der Waals surface area (Å²) in [5.74, 6) is -0.491. The predicted octanol–water partition coefficient (Wildman–Crippen LogP) is 3.09. The van der Waals surface area contributed by atoms with Gasteiger partial charge in [-0.15, -0.1) is 10.2 Å². The highest BCUT2D eigenvalue weighted by Crippen LogP contribution is 2.29. The number of aryl methyl sites for hydroxylation is 1. The molecule has 174 valence electrons. The lowest BCUT2D eigenvalue weighted by atomic mass is 10.1. The zero-order valence-electron chi connectivity index (χ0n) is 17.7. The molecule has 0 saturated heterocycles. The minimum atomic E-state index is -3.00. The number of amides is 2. The molecular weight excluding hydrogens is 456 g/mol. The van der Waals surface area contributed by atoms with Crippen LogP contribution < -0.4 is 20.1 Å². The van der Waals surface area contributed by atoms with E-state index in [1.54, 1.807) is 48.3 Å². The predicted molar refractivity (Wildman–Crippen MR) is 118 cm³/mol. The molecular formula is C21H21F2N5O4S. The number of methoxy groups -OCH3 is 1. The third-order valence-electron chi connectivity index (χ3n) is 4.31. The van der Waals surface area contributed by atoms with Gasteiger partial charge in [-0.1, -0.05) is 23.9 Å². The lowest BCUT2D eigenvalue weighted by Gasteiger charge is -2.12. The number of rotatable bonds is 10. The fourth-order valence-electron chi connectivity index (χ4n) is 2.77. The molecule has 0 aliphatic heterocycles. The van der Waals surface area contributed by atoms with Crippen LogP contribution in [0.2, 0.25) is 0 Å². The fraction of sp³-hybridized carbons (Fsp3) is 0.238. The van der Waals surface area contributed by atoms with Crippen molar-refractivity contribution >= 4 is 29.3 Å². The Kier molecular flexibility index (Phi) is 8.19. The van der Waals surface area contributed by atoms with Crippen molar-refractivity contribution in [2.75, 3.05) is 18.2 Å². The molecule has 2 amide bonds. The minimum absolute atomic E-state index is 0.0767. The normalized spacial score (nSPS) is 10.7. The van der Waals surface area contributed by atoms with Gasteiger partial charge in [0.1, 0.15) is 6.33 Å². The Balaban J connectivity index is 1.57. The molecule has 3 aromatic rings. The van der Waals surface area contributed by atoms with Gasteiger partial charge < -0.3 is 24.7 Å². The molecule has 0 aliphatic carbocycles. The first kappa shape index (κ1) is 24.0. The molecule has 12 heteroatoms. The van der Waals surface area contributed by atoms with E-state index in [0.717, 1.165) is 0 Å². The van der Waals surface area contributed by atoms with Gasteiger partial charge in [-0.05, 0) is 35.9 Å². The van der Waals surface area contributed by atoms with Gasteiger partial charge in [-0.2, -0.15) is 8.78 Å². The molecule has 33 heavy (non-hydrogen) atoms. The van der Waals surface area contributed by atoms with Crippen LogP contribution in [0.4, 0.5) is 14.5 Å². The zero-order chi connectivity index (χ0) is 23.8. The van der Waals surface area contributed by atoms with Crippen molar-refractivity contribution in [3.8, 4) is 11.5 Å². The molecule has 0 aliphatic rings. The lowest BCUT2D eigenvalue weighted by molar-refractivity contribution is -0.113. The minimum Gasteiger partial charge on any atom is -0.493 e. The maximum atomic E-state index is 12.6. The molecule has 0 radical (unpaired) electrons. The second kappa shape index (κ2) is 11.3. The molecule has 9 nitrogen and oxygen atoms in total. The second-order valence-corrected chi connectivity index (χ2v) is 7.63. The summed E-state index contributed by atoms with van der Waals surface area (Å²) in [6.45, 7) is -2.92. The van der Waals surface area contributed by atoms with Gasteiger partial charge >= 0.3 is 6.61 Å². The van der Waals surface area contributed by atoms with Crippen molar-refractivity contribution in [1.29, 1.82) is 0 Å². The van der Waals surface area contributed by atoms with Crippen LogP contribution in [0.15, 0.2) is 53.9 Å². The Morgan fingerprint density at radius 2 is 2.00 bits per heavy atom. The standard InChI is InChI=1S/C21H21F2N5O4S/c1-28-12-25-27-21(28)33-11-18(29)26-15-5-3-4-14(9-15)19(30)24-10-13-6-7-16(31-2)17(8-13)32-20(22)23/h3-9,12,20H,10-11H2,1-2H3,(H,24,30)(H,26,29). The van der Waals surface area contributed by atoms with E-state index >= 15 is 0 Å². The van der Waals surface area contributed by atoms with E-state index < -0.39 is 12.5 Å². The van der Waals surface area contributed by atoms with Crippen LogP contribution in [0.1, 0.15) is 15.9 Å². The number of carbonyl (C=O) groups is 2. The molecule has 3 rings (SSSR count). The van der Waals surface area contributed by atoms with Crippen molar-refractivity contribution in [2.45, 2.75) is 18.3 Å². The summed E-state index contributed by atoms with van der Waals surface area (Å²) < 4.78 is 36.3. The topological polar surface area (TPSA) is 107 Å². The van der Waals surface area contributed by atoms with Crippen LogP contribution in [-0.2, 0) is 18.4 Å². The quantitative estimate of drug-likeness (QED) is 0.432. The third-order valence-corrected chi connectivity index (χ3v) is 5.34. The largest absolute Gasteiger partial charge is 0.493 e. The Morgan fingerprint density at radius 1 is 1.18 bits per heavy atom.